The molecule has 4 atom stereocenters. The maximum atomic E-state index is 12.5. The second-order valence-electron chi connectivity index (χ2n) is 11.4. The molecule has 1 aromatic rings. The Morgan fingerprint density at radius 1 is 0.878 bits per heavy atom. The SMILES string of the molecule is CCC(C)COC(=O)Oc1ccc(CC(N)(C[C@H](C)OC(=O)C(C)(C)CC)C(=O)O)cc1OC(=O)OCC(C)CC. The van der Waals surface area contributed by atoms with Crippen molar-refractivity contribution in [3.8, 4) is 11.5 Å². The summed E-state index contributed by atoms with van der Waals surface area (Å²) in [5.74, 6) is -1.82. The largest absolute Gasteiger partial charge is 0.513 e. The third kappa shape index (κ3) is 12.0. The Hall–Kier alpha value is -3.34. The van der Waals surface area contributed by atoms with E-state index in [2.05, 4.69) is 0 Å². The minimum atomic E-state index is -1.83. The number of benzene rings is 1. The van der Waals surface area contributed by atoms with Crippen molar-refractivity contribution in [2.75, 3.05) is 13.2 Å². The Kier molecular flexibility index (Phi) is 14.1. The molecule has 0 spiro atoms. The van der Waals surface area contributed by atoms with E-state index in [4.69, 9.17) is 29.4 Å². The summed E-state index contributed by atoms with van der Waals surface area (Å²) in [5.41, 5.74) is 4.12. The van der Waals surface area contributed by atoms with Crippen LogP contribution in [0.5, 0.6) is 11.5 Å². The van der Waals surface area contributed by atoms with Crippen molar-refractivity contribution in [2.24, 2.45) is 23.0 Å². The fourth-order valence-electron chi connectivity index (χ4n) is 3.36. The molecule has 0 amide bonds. The predicted octanol–water partition coefficient (Wildman–Crippen LogP) is 5.89. The first-order valence-electron chi connectivity index (χ1n) is 14.1. The summed E-state index contributed by atoms with van der Waals surface area (Å²) in [6, 6.07) is 4.20. The van der Waals surface area contributed by atoms with E-state index in [0.29, 0.717) is 12.0 Å². The van der Waals surface area contributed by atoms with Crippen molar-refractivity contribution in [3.05, 3.63) is 23.8 Å². The summed E-state index contributed by atoms with van der Waals surface area (Å²) >= 11 is 0. The van der Waals surface area contributed by atoms with Crippen LogP contribution in [0, 0.1) is 17.3 Å². The zero-order chi connectivity index (χ0) is 31.4. The zero-order valence-corrected chi connectivity index (χ0v) is 25.6. The van der Waals surface area contributed by atoms with Crippen molar-refractivity contribution in [3.63, 3.8) is 0 Å². The van der Waals surface area contributed by atoms with Gasteiger partial charge < -0.3 is 34.5 Å². The molecular weight excluding hydrogens is 534 g/mol. The molecule has 0 saturated heterocycles. The van der Waals surface area contributed by atoms with E-state index in [0.717, 1.165) is 12.8 Å². The average molecular weight is 582 g/mol. The van der Waals surface area contributed by atoms with E-state index < -0.39 is 41.3 Å². The molecule has 0 radical (unpaired) electrons. The predicted molar refractivity (Wildman–Crippen MR) is 152 cm³/mol. The fourth-order valence-corrected chi connectivity index (χ4v) is 3.36. The lowest BCUT2D eigenvalue weighted by Gasteiger charge is -2.30. The first-order chi connectivity index (χ1) is 19.1. The van der Waals surface area contributed by atoms with Crippen LogP contribution in [0.15, 0.2) is 18.2 Å². The van der Waals surface area contributed by atoms with Gasteiger partial charge in [-0.3, -0.25) is 9.59 Å². The van der Waals surface area contributed by atoms with E-state index in [1.807, 2.05) is 34.6 Å². The summed E-state index contributed by atoms with van der Waals surface area (Å²) in [6.07, 6.45) is -1.04. The normalized spacial score (nSPS) is 15.0. The molecule has 3 N–H and O–H groups in total. The van der Waals surface area contributed by atoms with Gasteiger partial charge in [0.1, 0.15) is 11.6 Å². The van der Waals surface area contributed by atoms with Crippen molar-refractivity contribution in [1.82, 2.24) is 0 Å². The third-order valence-corrected chi connectivity index (χ3v) is 7.10. The Labute approximate surface area is 243 Å². The van der Waals surface area contributed by atoms with Crippen LogP contribution in [0.25, 0.3) is 0 Å². The van der Waals surface area contributed by atoms with E-state index in [1.54, 1.807) is 20.8 Å². The number of carbonyl (C=O) groups excluding carboxylic acids is 3. The van der Waals surface area contributed by atoms with Crippen LogP contribution in [-0.4, -0.2) is 54.2 Å². The Morgan fingerprint density at radius 3 is 1.85 bits per heavy atom. The molecule has 0 aliphatic carbocycles. The molecule has 0 heterocycles. The number of carboxylic acids is 1. The van der Waals surface area contributed by atoms with Gasteiger partial charge in [-0.1, -0.05) is 53.5 Å². The van der Waals surface area contributed by atoms with Gasteiger partial charge in [-0.2, -0.15) is 0 Å². The van der Waals surface area contributed by atoms with Gasteiger partial charge in [-0.15, -0.1) is 0 Å². The maximum absolute atomic E-state index is 12.5. The second-order valence-corrected chi connectivity index (χ2v) is 11.4. The molecule has 232 valence electrons. The number of nitrogens with two attached hydrogens (primary N) is 1. The highest BCUT2D eigenvalue weighted by Crippen LogP contribution is 2.32. The molecule has 1 rings (SSSR count). The van der Waals surface area contributed by atoms with Crippen LogP contribution >= 0.6 is 0 Å². The number of carbonyl (C=O) groups is 4. The lowest BCUT2D eigenvalue weighted by Crippen LogP contribution is -2.52. The molecule has 11 heteroatoms. The molecular formula is C30H47NO10. The third-order valence-electron chi connectivity index (χ3n) is 7.10. The summed E-state index contributed by atoms with van der Waals surface area (Å²) in [4.78, 5) is 49.4. The first-order valence-corrected chi connectivity index (χ1v) is 14.1. The monoisotopic (exact) mass is 581 g/mol. The number of hydrogen-bond donors (Lipinski definition) is 2. The van der Waals surface area contributed by atoms with E-state index in [9.17, 15) is 24.3 Å². The number of esters is 1. The van der Waals surface area contributed by atoms with Crippen LogP contribution in [0.4, 0.5) is 9.59 Å². The van der Waals surface area contributed by atoms with Gasteiger partial charge in [0.25, 0.3) is 0 Å². The number of rotatable bonds is 16. The molecule has 0 aromatic heterocycles. The summed E-state index contributed by atoms with van der Waals surface area (Å²) in [7, 11) is 0. The van der Waals surface area contributed by atoms with Gasteiger partial charge in [0.15, 0.2) is 11.5 Å². The summed E-state index contributed by atoms with van der Waals surface area (Å²) < 4.78 is 26.4. The number of ether oxygens (including phenoxy) is 5. The summed E-state index contributed by atoms with van der Waals surface area (Å²) in [5, 5.41) is 9.98. The van der Waals surface area contributed by atoms with Crippen molar-refractivity contribution >= 4 is 24.2 Å². The smallest absolute Gasteiger partial charge is 0.480 e. The summed E-state index contributed by atoms with van der Waals surface area (Å²) in [6.45, 7) is 14.9. The highest BCUT2D eigenvalue weighted by Gasteiger charge is 2.38. The highest BCUT2D eigenvalue weighted by molar-refractivity contribution is 5.79. The number of hydrogen-bond acceptors (Lipinski definition) is 10. The van der Waals surface area contributed by atoms with Crippen LogP contribution in [0.1, 0.15) is 86.6 Å². The lowest BCUT2D eigenvalue weighted by atomic mass is 9.86. The maximum Gasteiger partial charge on any atom is 0.513 e. The fraction of sp³-hybridized carbons (Fsp3) is 0.667. The molecule has 0 saturated carbocycles. The highest BCUT2D eigenvalue weighted by atomic mass is 16.7. The Bertz CT molecular complexity index is 1040. The standard InChI is InChI=1S/C30H47NO10/c1-9-19(4)17-37-27(35)40-23-13-12-22(14-24(23)41-28(36)38-18-20(5)10-2)16-30(31,25(32)33)15-21(6)39-26(34)29(7,8)11-3/h12-14,19-21H,9-11,15-18,31H2,1-8H3,(H,32,33)/t19?,20?,21-,30?/m0/s1. The zero-order valence-electron chi connectivity index (χ0n) is 25.6. The van der Waals surface area contributed by atoms with Gasteiger partial charge in [0.2, 0.25) is 0 Å². The minimum absolute atomic E-state index is 0.104. The van der Waals surface area contributed by atoms with E-state index >= 15 is 0 Å². The van der Waals surface area contributed by atoms with Crippen molar-refractivity contribution in [2.45, 2.75) is 99.1 Å². The number of carboxylic acid groups (broad SMARTS) is 1. The first kappa shape index (κ1) is 35.7. The molecule has 0 aliphatic rings. The van der Waals surface area contributed by atoms with E-state index in [1.165, 1.54) is 18.2 Å². The number of aliphatic carboxylic acids is 1. The van der Waals surface area contributed by atoms with Gasteiger partial charge in [0, 0.05) is 12.8 Å². The molecule has 11 nitrogen and oxygen atoms in total. The second kappa shape index (κ2) is 16.2. The molecule has 0 bridgehead atoms. The minimum Gasteiger partial charge on any atom is -0.480 e. The van der Waals surface area contributed by atoms with Gasteiger partial charge in [-0.05, 0) is 56.7 Å². The Morgan fingerprint density at radius 2 is 1.39 bits per heavy atom. The molecule has 0 fully saturated rings. The van der Waals surface area contributed by atoms with Gasteiger partial charge in [0.05, 0.1) is 18.6 Å². The van der Waals surface area contributed by atoms with Crippen molar-refractivity contribution < 1.29 is 48.0 Å². The van der Waals surface area contributed by atoms with Crippen molar-refractivity contribution in [1.29, 1.82) is 0 Å². The lowest BCUT2D eigenvalue weighted by molar-refractivity contribution is -0.161. The van der Waals surface area contributed by atoms with Gasteiger partial charge >= 0.3 is 24.2 Å². The van der Waals surface area contributed by atoms with Crippen LogP contribution in [0.3, 0.4) is 0 Å². The topological polar surface area (TPSA) is 161 Å². The average Bonchev–Trinajstić information content (AvgIpc) is 2.91. The quantitative estimate of drug-likeness (QED) is 0.136. The van der Waals surface area contributed by atoms with Crippen LogP contribution in [-0.2, 0) is 30.2 Å². The van der Waals surface area contributed by atoms with Crippen LogP contribution in [0.2, 0.25) is 0 Å². The van der Waals surface area contributed by atoms with Crippen LogP contribution < -0.4 is 15.2 Å². The Balaban J connectivity index is 3.20. The molecule has 41 heavy (non-hydrogen) atoms. The van der Waals surface area contributed by atoms with Gasteiger partial charge in [-0.25, -0.2) is 9.59 Å². The van der Waals surface area contributed by atoms with E-state index in [-0.39, 0.29) is 49.4 Å². The molecule has 1 aromatic carbocycles. The molecule has 0 aliphatic heterocycles. The molecule has 3 unspecified atom stereocenters.